The molecule has 134 valence electrons. The van der Waals surface area contributed by atoms with E-state index in [1.54, 1.807) is 14.2 Å². The smallest absolute Gasteiger partial charge is 0.185 e. The van der Waals surface area contributed by atoms with Gasteiger partial charge in [-0.05, 0) is 43.0 Å². The van der Waals surface area contributed by atoms with Crippen LogP contribution >= 0.6 is 0 Å². The second-order valence-corrected chi connectivity index (χ2v) is 6.67. The fourth-order valence-corrected chi connectivity index (χ4v) is 3.41. The second kappa shape index (κ2) is 8.05. The van der Waals surface area contributed by atoms with Crippen molar-refractivity contribution in [3.05, 3.63) is 70.8 Å². The number of benzene rings is 2. The maximum absolute atomic E-state index is 13.1. The summed E-state index contributed by atoms with van der Waals surface area (Å²) in [5.41, 5.74) is 3.52. The first-order valence-electron chi connectivity index (χ1n) is 8.84. The summed E-state index contributed by atoms with van der Waals surface area (Å²) >= 11 is 0. The molecule has 0 radical (unpaired) electrons. The van der Waals surface area contributed by atoms with Crippen molar-refractivity contribution >= 4 is 17.9 Å². The Bertz CT molecular complexity index is 792. The molecular weight excluding hydrogens is 324 g/mol. The molecule has 3 nitrogen and oxygen atoms in total. The summed E-state index contributed by atoms with van der Waals surface area (Å²) in [5, 5.41) is 0. The lowest BCUT2D eigenvalue weighted by Crippen LogP contribution is -2.18. The summed E-state index contributed by atoms with van der Waals surface area (Å²) in [5.74, 6) is 2.08. The lowest BCUT2D eigenvalue weighted by molar-refractivity contribution is -0.113. The molecule has 3 heteroatoms. The third-order valence-corrected chi connectivity index (χ3v) is 4.66. The van der Waals surface area contributed by atoms with E-state index in [-0.39, 0.29) is 5.78 Å². The van der Waals surface area contributed by atoms with Crippen molar-refractivity contribution in [1.29, 1.82) is 0 Å². The van der Waals surface area contributed by atoms with Crippen LogP contribution in [0.25, 0.3) is 12.2 Å². The lowest BCUT2D eigenvalue weighted by atomic mass is 9.80. The van der Waals surface area contributed by atoms with Gasteiger partial charge in [0.05, 0.1) is 14.2 Å². The van der Waals surface area contributed by atoms with Gasteiger partial charge in [-0.15, -0.1) is 0 Å². The highest BCUT2D eigenvalue weighted by Crippen LogP contribution is 2.34. The molecule has 0 saturated heterocycles. The minimum atomic E-state index is 0.111. The standard InChI is InChI=1S/C23H24O3/c1-16-12-19(14-17-8-4-6-10-21(17)25-2)23(24)20(13-16)15-18-9-5-7-11-22(18)26-3/h4-11,14-16H,12-13H2,1-3H3/b19-14+,20-15+. The van der Waals surface area contributed by atoms with E-state index in [1.165, 1.54) is 0 Å². The molecule has 0 amide bonds. The minimum absolute atomic E-state index is 0.111. The molecule has 1 aliphatic carbocycles. The van der Waals surface area contributed by atoms with Crippen LogP contribution in [0.1, 0.15) is 30.9 Å². The van der Waals surface area contributed by atoms with Crippen molar-refractivity contribution in [2.24, 2.45) is 5.92 Å². The molecule has 2 aromatic carbocycles. The SMILES string of the molecule is COc1ccccc1/C=C1\CC(C)C/C(=C\c2ccccc2OC)C1=O. The van der Waals surface area contributed by atoms with E-state index in [2.05, 4.69) is 6.92 Å². The first-order valence-corrected chi connectivity index (χ1v) is 8.84. The molecule has 1 saturated carbocycles. The van der Waals surface area contributed by atoms with Gasteiger partial charge in [-0.2, -0.15) is 0 Å². The van der Waals surface area contributed by atoms with E-state index in [9.17, 15) is 4.79 Å². The van der Waals surface area contributed by atoms with Gasteiger partial charge >= 0.3 is 0 Å². The third kappa shape index (κ3) is 3.88. The number of carbonyl (C=O) groups is 1. The number of carbonyl (C=O) groups excluding carboxylic acids is 1. The molecule has 0 aromatic heterocycles. The predicted molar refractivity (Wildman–Crippen MR) is 105 cm³/mol. The maximum Gasteiger partial charge on any atom is 0.185 e. The van der Waals surface area contributed by atoms with Gasteiger partial charge in [0.25, 0.3) is 0 Å². The Balaban J connectivity index is 1.98. The largest absolute Gasteiger partial charge is 0.496 e. The van der Waals surface area contributed by atoms with Gasteiger partial charge in [-0.3, -0.25) is 4.79 Å². The first kappa shape index (κ1) is 18.0. The summed E-state index contributed by atoms with van der Waals surface area (Å²) in [6.45, 7) is 2.18. The van der Waals surface area contributed by atoms with Crippen LogP contribution in [0.5, 0.6) is 11.5 Å². The first-order chi connectivity index (χ1) is 12.6. The van der Waals surface area contributed by atoms with Crippen molar-refractivity contribution < 1.29 is 14.3 Å². The van der Waals surface area contributed by atoms with Crippen molar-refractivity contribution in [2.75, 3.05) is 14.2 Å². The highest BCUT2D eigenvalue weighted by molar-refractivity contribution is 6.14. The molecule has 1 aliphatic rings. The fourth-order valence-electron chi connectivity index (χ4n) is 3.41. The van der Waals surface area contributed by atoms with Gasteiger partial charge in [0.15, 0.2) is 5.78 Å². The average molecular weight is 348 g/mol. The van der Waals surface area contributed by atoms with Crippen molar-refractivity contribution in [3.8, 4) is 11.5 Å². The number of allylic oxidation sites excluding steroid dienone is 2. The van der Waals surface area contributed by atoms with Crippen LogP contribution in [0.15, 0.2) is 59.7 Å². The Kier molecular flexibility index (Phi) is 5.57. The van der Waals surface area contributed by atoms with Gasteiger partial charge in [-0.25, -0.2) is 0 Å². The normalized spacial score (nSPS) is 20.4. The summed E-state index contributed by atoms with van der Waals surface area (Å²) in [4.78, 5) is 13.1. The van der Waals surface area contributed by atoms with Crippen LogP contribution in [0.3, 0.4) is 0 Å². The van der Waals surface area contributed by atoms with Gasteiger partial charge in [0, 0.05) is 22.3 Å². The van der Waals surface area contributed by atoms with Crippen molar-refractivity contribution in [1.82, 2.24) is 0 Å². The molecule has 26 heavy (non-hydrogen) atoms. The van der Waals surface area contributed by atoms with Gasteiger partial charge in [-0.1, -0.05) is 43.3 Å². The Labute approximate surface area is 155 Å². The highest BCUT2D eigenvalue weighted by Gasteiger charge is 2.25. The Morgan fingerprint density at radius 2 is 1.23 bits per heavy atom. The molecule has 0 heterocycles. The molecule has 0 spiro atoms. The van der Waals surface area contributed by atoms with Crippen LogP contribution in [0.4, 0.5) is 0 Å². The van der Waals surface area contributed by atoms with Crippen molar-refractivity contribution in [2.45, 2.75) is 19.8 Å². The number of methoxy groups -OCH3 is 2. The molecule has 0 unspecified atom stereocenters. The lowest BCUT2D eigenvalue weighted by Gasteiger charge is -2.23. The van der Waals surface area contributed by atoms with Crippen LogP contribution in [-0.2, 0) is 4.79 Å². The summed E-state index contributed by atoms with van der Waals surface area (Å²) in [7, 11) is 3.30. The summed E-state index contributed by atoms with van der Waals surface area (Å²) < 4.78 is 10.8. The molecular formula is C23H24O3. The molecule has 0 atom stereocenters. The van der Waals surface area contributed by atoms with Crippen LogP contribution in [0.2, 0.25) is 0 Å². The van der Waals surface area contributed by atoms with E-state index in [0.717, 1.165) is 46.6 Å². The number of Topliss-reactive ketones (excluding diaryl/α,β-unsaturated/α-hetero) is 1. The van der Waals surface area contributed by atoms with Crippen LogP contribution < -0.4 is 9.47 Å². The van der Waals surface area contributed by atoms with Crippen LogP contribution in [-0.4, -0.2) is 20.0 Å². The van der Waals surface area contributed by atoms with E-state index in [4.69, 9.17) is 9.47 Å². The second-order valence-electron chi connectivity index (χ2n) is 6.67. The van der Waals surface area contributed by atoms with E-state index < -0.39 is 0 Å². The molecule has 0 aliphatic heterocycles. The molecule has 2 aromatic rings. The number of ketones is 1. The number of hydrogen-bond donors (Lipinski definition) is 0. The fraction of sp³-hybridized carbons (Fsp3) is 0.261. The third-order valence-electron chi connectivity index (χ3n) is 4.66. The molecule has 3 rings (SSSR count). The average Bonchev–Trinajstić information content (AvgIpc) is 2.66. The maximum atomic E-state index is 13.1. The van der Waals surface area contributed by atoms with Crippen LogP contribution in [0, 0.1) is 5.92 Å². The minimum Gasteiger partial charge on any atom is -0.496 e. The predicted octanol–water partition coefficient (Wildman–Crippen LogP) is 5.17. The van der Waals surface area contributed by atoms with E-state index in [1.807, 2.05) is 60.7 Å². The molecule has 0 N–H and O–H groups in total. The van der Waals surface area contributed by atoms with Gasteiger partial charge in [0.1, 0.15) is 11.5 Å². The number of ether oxygens (including phenoxy) is 2. The zero-order chi connectivity index (χ0) is 18.5. The molecule has 0 bridgehead atoms. The topological polar surface area (TPSA) is 35.5 Å². The quantitative estimate of drug-likeness (QED) is 0.715. The van der Waals surface area contributed by atoms with Crippen molar-refractivity contribution in [3.63, 3.8) is 0 Å². The number of para-hydroxylation sites is 2. The van der Waals surface area contributed by atoms with E-state index >= 15 is 0 Å². The van der Waals surface area contributed by atoms with Gasteiger partial charge < -0.3 is 9.47 Å². The van der Waals surface area contributed by atoms with E-state index in [0.29, 0.717) is 5.92 Å². The summed E-state index contributed by atoms with van der Waals surface area (Å²) in [6, 6.07) is 15.5. The number of hydrogen-bond acceptors (Lipinski definition) is 3. The Morgan fingerprint density at radius 3 is 1.65 bits per heavy atom. The Hall–Kier alpha value is -2.81. The summed E-state index contributed by atoms with van der Waals surface area (Å²) in [6.07, 6.45) is 5.49. The monoisotopic (exact) mass is 348 g/mol. The zero-order valence-corrected chi connectivity index (χ0v) is 15.5. The highest BCUT2D eigenvalue weighted by atomic mass is 16.5. The zero-order valence-electron chi connectivity index (χ0n) is 15.5. The van der Waals surface area contributed by atoms with Gasteiger partial charge in [0.2, 0.25) is 0 Å². The Morgan fingerprint density at radius 1 is 0.808 bits per heavy atom. The molecule has 1 fully saturated rings. The number of rotatable bonds is 4.